The molecule has 202 valence electrons. The van der Waals surface area contributed by atoms with E-state index in [-0.39, 0.29) is 17.0 Å². The van der Waals surface area contributed by atoms with Gasteiger partial charge in [0.25, 0.3) is 11.5 Å². The summed E-state index contributed by atoms with van der Waals surface area (Å²) in [5, 5.41) is 13.1. The van der Waals surface area contributed by atoms with Crippen LogP contribution in [0.5, 0.6) is 11.5 Å². The number of nitrogens with zero attached hydrogens (tertiary/aromatic N) is 3. The molecule has 38 heavy (non-hydrogen) atoms. The summed E-state index contributed by atoms with van der Waals surface area (Å²) in [6, 6.07) is 7.75. The number of thioether (sulfide) groups is 1. The smallest absolute Gasteiger partial charge is 0.270 e. The van der Waals surface area contributed by atoms with Crippen molar-refractivity contribution in [2.45, 2.75) is 33.2 Å². The molecule has 0 aliphatic carbocycles. The molecule has 1 aromatic heterocycles. The molecule has 1 saturated heterocycles. The minimum absolute atomic E-state index is 0.0547. The van der Waals surface area contributed by atoms with Crippen LogP contribution in [0, 0.1) is 18.3 Å². The molecule has 2 aromatic rings. The third kappa shape index (κ3) is 6.20. The Kier molecular flexibility index (Phi) is 10.4. The number of ether oxygens (including phenoxy) is 3. The molecule has 0 unspecified atom stereocenters. The maximum atomic E-state index is 13.2. The fraction of sp³-hybridized carbons (Fsp3) is 0.407. The van der Waals surface area contributed by atoms with E-state index in [9.17, 15) is 14.9 Å². The molecule has 9 nitrogen and oxygen atoms in total. The molecule has 1 fully saturated rings. The summed E-state index contributed by atoms with van der Waals surface area (Å²) in [5.74, 6) is 1.64. The molecule has 0 atom stereocenters. The number of nitrogens with one attached hydrogen (secondary N) is 1. The summed E-state index contributed by atoms with van der Waals surface area (Å²) >= 11 is 6.67. The van der Waals surface area contributed by atoms with E-state index in [0.29, 0.717) is 76.8 Å². The number of nitriles is 1. The van der Waals surface area contributed by atoms with Gasteiger partial charge in [-0.15, -0.1) is 0 Å². The Morgan fingerprint density at radius 3 is 2.55 bits per heavy atom. The van der Waals surface area contributed by atoms with Crippen LogP contribution in [0.3, 0.4) is 0 Å². The lowest BCUT2D eigenvalue weighted by Crippen LogP contribution is -2.30. The average molecular weight is 557 g/mol. The second-order valence-corrected chi connectivity index (χ2v) is 10.1. The lowest BCUT2D eigenvalue weighted by molar-refractivity contribution is -0.122. The predicted molar refractivity (Wildman–Crippen MR) is 154 cm³/mol. The average Bonchev–Trinajstić information content (AvgIpc) is 3.18. The number of benzene rings is 1. The van der Waals surface area contributed by atoms with Crippen molar-refractivity contribution in [1.29, 1.82) is 5.26 Å². The van der Waals surface area contributed by atoms with Crippen molar-refractivity contribution in [3.63, 3.8) is 0 Å². The first kappa shape index (κ1) is 29.2. The normalized spacial score (nSPS) is 14.2. The molecule has 1 amide bonds. The molecule has 0 saturated carbocycles. The van der Waals surface area contributed by atoms with E-state index in [1.165, 1.54) is 16.3 Å². The number of methoxy groups -OCH3 is 3. The van der Waals surface area contributed by atoms with E-state index < -0.39 is 0 Å². The zero-order valence-electron chi connectivity index (χ0n) is 22.3. The maximum Gasteiger partial charge on any atom is 0.270 e. The topological polar surface area (TPSA) is 106 Å². The van der Waals surface area contributed by atoms with Crippen LogP contribution in [-0.2, 0) is 22.5 Å². The van der Waals surface area contributed by atoms with E-state index in [1.54, 1.807) is 39.2 Å². The Balaban J connectivity index is 1.97. The van der Waals surface area contributed by atoms with Gasteiger partial charge in [0.2, 0.25) is 0 Å². The minimum atomic E-state index is -0.370. The van der Waals surface area contributed by atoms with Gasteiger partial charge in [0.1, 0.15) is 21.8 Å². The summed E-state index contributed by atoms with van der Waals surface area (Å²) in [6.45, 7) is 5.41. The summed E-state index contributed by atoms with van der Waals surface area (Å²) in [5.41, 5.74) is 1.84. The minimum Gasteiger partial charge on any atom is -0.493 e. The number of rotatable bonds is 12. The number of carbonyl (C=O) groups is 1. The molecule has 2 heterocycles. The third-order valence-electron chi connectivity index (χ3n) is 6.22. The Morgan fingerprint density at radius 2 is 1.92 bits per heavy atom. The van der Waals surface area contributed by atoms with Crippen LogP contribution in [0.25, 0.3) is 6.08 Å². The Hall–Kier alpha value is -3.33. The van der Waals surface area contributed by atoms with Crippen molar-refractivity contribution < 1.29 is 19.0 Å². The molecule has 1 N–H and O–H groups in total. The molecular weight excluding hydrogens is 524 g/mol. The van der Waals surface area contributed by atoms with E-state index in [0.717, 1.165) is 5.56 Å². The van der Waals surface area contributed by atoms with Crippen LogP contribution in [0.2, 0.25) is 0 Å². The van der Waals surface area contributed by atoms with Gasteiger partial charge in [0.05, 0.1) is 19.1 Å². The second kappa shape index (κ2) is 13.5. The molecule has 1 aliphatic heterocycles. The predicted octanol–water partition coefficient (Wildman–Crippen LogP) is 3.96. The lowest BCUT2D eigenvalue weighted by atomic mass is 10.0. The van der Waals surface area contributed by atoms with Crippen molar-refractivity contribution in [1.82, 2.24) is 9.47 Å². The van der Waals surface area contributed by atoms with Gasteiger partial charge in [0.15, 0.2) is 11.5 Å². The number of amides is 1. The number of anilines is 1. The Bertz CT molecular complexity index is 1350. The summed E-state index contributed by atoms with van der Waals surface area (Å²) in [6.07, 6.45) is 3.03. The summed E-state index contributed by atoms with van der Waals surface area (Å²) < 4.78 is 17.8. The molecule has 3 rings (SSSR count). The SMILES string of the molecule is CCn1c(NCCc2ccc(OC)c(OC)c2)c(/C=C2/SC(=S)N(CCCOC)C2=O)c(C)c(C#N)c1=O. The highest BCUT2D eigenvalue weighted by atomic mass is 32.2. The number of carbonyl (C=O) groups excluding carboxylic acids is 1. The van der Waals surface area contributed by atoms with Crippen molar-refractivity contribution in [2.24, 2.45) is 0 Å². The number of hydrogen-bond donors (Lipinski definition) is 1. The van der Waals surface area contributed by atoms with Crippen LogP contribution >= 0.6 is 24.0 Å². The van der Waals surface area contributed by atoms with Gasteiger partial charge in [0, 0.05) is 38.9 Å². The van der Waals surface area contributed by atoms with Gasteiger partial charge in [-0.3, -0.25) is 19.1 Å². The quantitative estimate of drug-likeness (QED) is 0.236. The summed E-state index contributed by atoms with van der Waals surface area (Å²) in [4.78, 5) is 28.3. The van der Waals surface area contributed by atoms with Gasteiger partial charge in [-0.2, -0.15) is 5.26 Å². The van der Waals surface area contributed by atoms with Crippen LogP contribution < -0.4 is 20.3 Å². The van der Waals surface area contributed by atoms with E-state index in [4.69, 9.17) is 26.4 Å². The van der Waals surface area contributed by atoms with Crippen molar-refractivity contribution in [3.05, 3.63) is 55.7 Å². The van der Waals surface area contributed by atoms with Crippen LogP contribution in [0.4, 0.5) is 5.82 Å². The first-order valence-corrected chi connectivity index (χ1v) is 13.4. The molecular formula is C27H32N4O5S2. The van der Waals surface area contributed by atoms with E-state index >= 15 is 0 Å². The number of thiocarbonyl (C=S) groups is 1. The largest absolute Gasteiger partial charge is 0.493 e. The van der Waals surface area contributed by atoms with Crippen molar-refractivity contribution in [2.75, 3.05) is 46.3 Å². The number of aromatic nitrogens is 1. The van der Waals surface area contributed by atoms with Gasteiger partial charge in [-0.25, -0.2) is 0 Å². The third-order valence-corrected chi connectivity index (χ3v) is 7.60. The highest BCUT2D eigenvalue weighted by Gasteiger charge is 2.32. The lowest BCUT2D eigenvalue weighted by Gasteiger charge is -2.19. The van der Waals surface area contributed by atoms with Gasteiger partial charge < -0.3 is 19.5 Å². The highest BCUT2D eigenvalue weighted by molar-refractivity contribution is 8.26. The molecule has 0 spiro atoms. The Morgan fingerprint density at radius 1 is 1.18 bits per heavy atom. The van der Waals surface area contributed by atoms with Gasteiger partial charge in [-0.05, 0) is 56.0 Å². The van der Waals surface area contributed by atoms with Crippen molar-refractivity contribution >= 4 is 46.1 Å². The first-order chi connectivity index (χ1) is 18.3. The molecule has 0 bridgehead atoms. The van der Waals surface area contributed by atoms with Gasteiger partial charge in [-0.1, -0.05) is 30.0 Å². The van der Waals surface area contributed by atoms with Crippen LogP contribution in [0.1, 0.15) is 35.6 Å². The second-order valence-electron chi connectivity index (χ2n) is 8.47. The fourth-order valence-electron chi connectivity index (χ4n) is 4.21. The molecule has 1 aromatic carbocycles. The number of hydrogen-bond acceptors (Lipinski definition) is 9. The van der Waals surface area contributed by atoms with Gasteiger partial charge >= 0.3 is 0 Å². The monoisotopic (exact) mass is 556 g/mol. The standard InChI is InChI=1S/C27H32N4O5S2/c1-6-30-24(29-11-10-18-8-9-21(35-4)22(14-18)36-5)19(17(2)20(16-28)25(30)32)15-23-26(33)31(27(37)38-23)12-7-13-34-3/h8-9,14-15,29H,6-7,10-13H2,1-5H3/b23-15+. The maximum absolute atomic E-state index is 13.2. The fourth-order valence-corrected chi connectivity index (χ4v) is 5.50. The van der Waals surface area contributed by atoms with Crippen LogP contribution in [0.15, 0.2) is 27.9 Å². The first-order valence-electron chi connectivity index (χ1n) is 12.2. The zero-order valence-corrected chi connectivity index (χ0v) is 23.9. The summed E-state index contributed by atoms with van der Waals surface area (Å²) in [7, 11) is 4.79. The molecule has 0 radical (unpaired) electrons. The Labute approximate surface area is 232 Å². The van der Waals surface area contributed by atoms with E-state index in [2.05, 4.69) is 5.32 Å². The molecule has 1 aliphatic rings. The van der Waals surface area contributed by atoms with E-state index in [1.807, 2.05) is 31.2 Å². The number of pyridine rings is 1. The molecule has 11 heteroatoms. The highest BCUT2D eigenvalue weighted by Crippen LogP contribution is 2.35. The van der Waals surface area contributed by atoms with Crippen LogP contribution in [-0.4, -0.2) is 60.7 Å². The van der Waals surface area contributed by atoms with Crippen molar-refractivity contribution in [3.8, 4) is 17.6 Å². The zero-order chi connectivity index (χ0) is 27.8.